The first-order valence-corrected chi connectivity index (χ1v) is 10.2. The van der Waals surface area contributed by atoms with Gasteiger partial charge in [0.05, 0.1) is 6.04 Å². The second-order valence-electron chi connectivity index (χ2n) is 8.79. The van der Waals surface area contributed by atoms with E-state index in [1.165, 1.54) is 0 Å². The van der Waals surface area contributed by atoms with Gasteiger partial charge in [-0.25, -0.2) is 4.79 Å². The van der Waals surface area contributed by atoms with E-state index < -0.39 is 6.09 Å². The molecule has 0 bridgehead atoms. The minimum absolute atomic E-state index is 0.0732. The van der Waals surface area contributed by atoms with E-state index in [0.29, 0.717) is 18.6 Å². The Morgan fingerprint density at radius 2 is 1.77 bits per heavy atom. The number of carboxylic acid groups (broad SMARTS) is 1. The molecule has 26 heavy (non-hydrogen) atoms. The number of hydrogen-bond donors (Lipinski definition) is 2. The van der Waals surface area contributed by atoms with Gasteiger partial charge in [0.2, 0.25) is 5.91 Å². The summed E-state index contributed by atoms with van der Waals surface area (Å²) in [7, 11) is 1.74. The second-order valence-corrected chi connectivity index (χ2v) is 8.79. The minimum Gasteiger partial charge on any atom is -0.465 e. The molecule has 1 atom stereocenters. The van der Waals surface area contributed by atoms with Crippen molar-refractivity contribution in [2.75, 3.05) is 39.8 Å². The molecule has 1 spiro atoms. The molecule has 0 aromatic carbocycles. The zero-order valence-corrected chi connectivity index (χ0v) is 15.8. The Bertz CT molecular complexity index is 555. The van der Waals surface area contributed by atoms with Crippen molar-refractivity contribution in [1.29, 1.82) is 0 Å². The molecule has 2 amide bonds. The van der Waals surface area contributed by atoms with E-state index in [-0.39, 0.29) is 17.4 Å². The molecule has 0 radical (unpaired) electrons. The van der Waals surface area contributed by atoms with E-state index in [9.17, 15) is 14.7 Å². The van der Waals surface area contributed by atoms with Crippen LogP contribution < -0.4 is 5.32 Å². The summed E-state index contributed by atoms with van der Waals surface area (Å²) in [6.07, 6.45) is 7.01. The number of piperidine rings is 1. The largest absolute Gasteiger partial charge is 0.465 e. The number of nitrogens with zero attached hydrogens (tertiary/aromatic N) is 3. The molecule has 1 saturated carbocycles. The van der Waals surface area contributed by atoms with Crippen LogP contribution in [0.2, 0.25) is 0 Å². The Kier molecular flexibility index (Phi) is 4.86. The number of carbonyl (C=O) groups excluding carboxylic acids is 1. The first-order valence-electron chi connectivity index (χ1n) is 10.2. The highest BCUT2D eigenvalue weighted by atomic mass is 16.4. The van der Waals surface area contributed by atoms with Crippen molar-refractivity contribution in [1.82, 2.24) is 20.0 Å². The summed E-state index contributed by atoms with van der Waals surface area (Å²) in [5.74, 6) is 0.176. The van der Waals surface area contributed by atoms with Crippen LogP contribution in [0.1, 0.15) is 44.9 Å². The quantitative estimate of drug-likeness (QED) is 0.787. The minimum atomic E-state index is -0.762. The summed E-state index contributed by atoms with van der Waals surface area (Å²) in [6, 6.07) is 1.25. The van der Waals surface area contributed by atoms with E-state index in [0.717, 1.165) is 71.1 Å². The monoisotopic (exact) mass is 364 g/mol. The van der Waals surface area contributed by atoms with E-state index in [1.54, 1.807) is 11.9 Å². The molecule has 3 heterocycles. The van der Waals surface area contributed by atoms with Crippen LogP contribution in [-0.4, -0.2) is 89.7 Å². The Morgan fingerprint density at radius 1 is 1.04 bits per heavy atom. The highest BCUT2D eigenvalue weighted by Crippen LogP contribution is 2.50. The highest BCUT2D eigenvalue weighted by Gasteiger charge is 2.51. The third-order valence-corrected chi connectivity index (χ3v) is 7.37. The molecule has 4 fully saturated rings. The van der Waals surface area contributed by atoms with Gasteiger partial charge in [-0.15, -0.1) is 0 Å². The predicted molar refractivity (Wildman–Crippen MR) is 98.1 cm³/mol. The zero-order chi connectivity index (χ0) is 18.3. The Labute approximate surface area is 155 Å². The summed E-state index contributed by atoms with van der Waals surface area (Å²) < 4.78 is 0. The van der Waals surface area contributed by atoms with Crippen molar-refractivity contribution in [3.05, 3.63) is 0 Å². The average Bonchev–Trinajstić information content (AvgIpc) is 3.27. The molecule has 2 N–H and O–H groups in total. The smallest absolute Gasteiger partial charge is 0.407 e. The molecule has 4 rings (SSSR count). The van der Waals surface area contributed by atoms with Gasteiger partial charge in [-0.05, 0) is 70.0 Å². The maximum absolute atomic E-state index is 12.1. The van der Waals surface area contributed by atoms with Crippen molar-refractivity contribution in [3.63, 3.8) is 0 Å². The van der Waals surface area contributed by atoms with Gasteiger partial charge in [0, 0.05) is 32.2 Å². The number of amides is 2. The molecule has 3 saturated heterocycles. The molecule has 146 valence electrons. The second kappa shape index (κ2) is 7.00. The zero-order valence-electron chi connectivity index (χ0n) is 15.8. The van der Waals surface area contributed by atoms with Gasteiger partial charge >= 0.3 is 6.09 Å². The van der Waals surface area contributed by atoms with Crippen LogP contribution in [0.4, 0.5) is 4.79 Å². The fourth-order valence-corrected chi connectivity index (χ4v) is 5.89. The van der Waals surface area contributed by atoms with Gasteiger partial charge in [-0.2, -0.15) is 0 Å². The van der Waals surface area contributed by atoms with Crippen molar-refractivity contribution in [2.45, 2.75) is 63.1 Å². The Morgan fingerprint density at radius 3 is 2.38 bits per heavy atom. The van der Waals surface area contributed by atoms with E-state index in [4.69, 9.17) is 0 Å². The molecule has 0 unspecified atom stereocenters. The first kappa shape index (κ1) is 18.0. The lowest BCUT2D eigenvalue weighted by Gasteiger charge is -2.52. The third kappa shape index (κ3) is 3.20. The average molecular weight is 364 g/mol. The molecule has 0 aromatic rings. The van der Waals surface area contributed by atoms with Gasteiger partial charge in [-0.3, -0.25) is 9.69 Å². The molecular weight excluding hydrogens is 332 g/mol. The van der Waals surface area contributed by atoms with Gasteiger partial charge in [0.15, 0.2) is 0 Å². The summed E-state index contributed by atoms with van der Waals surface area (Å²) >= 11 is 0. The predicted octanol–water partition coefficient (Wildman–Crippen LogP) is 1.19. The standard InChI is InChI=1S/C19H32N4O3/c1-20-17(24)16-3-2-7-23(16)14-4-8-21(9-5-14)15-11-19(12-15)6-10-22(13-19)18(25)26/h14-16H,2-13H2,1H3,(H,20,24)(H,25,26)/t15?,16-,19?/m0/s1. The van der Waals surface area contributed by atoms with E-state index in [2.05, 4.69) is 15.1 Å². The molecule has 3 aliphatic heterocycles. The third-order valence-electron chi connectivity index (χ3n) is 7.37. The Hall–Kier alpha value is -1.34. The lowest BCUT2D eigenvalue weighted by atomic mass is 9.64. The number of nitrogens with one attached hydrogen (secondary N) is 1. The molecule has 7 heteroatoms. The first-order chi connectivity index (χ1) is 12.5. The van der Waals surface area contributed by atoms with Crippen LogP contribution in [0.5, 0.6) is 0 Å². The van der Waals surface area contributed by atoms with Crippen LogP contribution in [-0.2, 0) is 4.79 Å². The maximum Gasteiger partial charge on any atom is 0.407 e. The van der Waals surface area contributed by atoms with Gasteiger partial charge in [-0.1, -0.05) is 0 Å². The van der Waals surface area contributed by atoms with Crippen molar-refractivity contribution < 1.29 is 14.7 Å². The van der Waals surface area contributed by atoms with Crippen LogP contribution >= 0.6 is 0 Å². The maximum atomic E-state index is 12.1. The van der Waals surface area contributed by atoms with Crippen LogP contribution in [0.25, 0.3) is 0 Å². The Balaban J connectivity index is 1.25. The topological polar surface area (TPSA) is 76.1 Å². The normalized spacial score (nSPS) is 36.4. The number of rotatable bonds is 3. The number of likely N-dealkylation sites (tertiary alicyclic amines) is 3. The van der Waals surface area contributed by atoms with E-state index >= 15 is 0 Å². The summed E-state index contributed by atoms with van der Waals surface area (Å²) in [6.45, 7) is 4.73. The number of hydrogen-bond acceptors (Lipinski definition) is 4. The lowest BCUT2D eigenvalue weighted by Crippen LogP contribution is -2.57. The van der Waals surface area contributed by atoms with Crippen molar-refractivity contribution in [3.8, 4) is 0 Å². The van der Waals surface area contributed by atoms with Gasteiger partial charge in [0.1, 0.15) is 0 Å². The van der Waals surface area contributed by atoms with Crippen molar-refractivity contribution >= 4 is 12.0 Å². The molecule has 1 aliphatic carbocycles. The molecule has 7 nitrogen and oxygen atoms in total. The van der Waals surface area contributed by atoms with Crippen LogP contribution in [0.3, 0.4) is 0 Å². The van der Waals surface area contributed by atoms with Gasteiger partial charge in [0.25, 0.3) is 0 Å². The van der Waals surface area contributed by atoms with E-state index in [1.807, 2.05) is 0 Å². The fourth-order valence-electron chi connectivity index (χ4n) is 5.89. The molecule has 0 aromatic heterocycles. The highest BCUT2D eigenvalue weighted by molar-refractivity contribution is 5.81. The fraction of sp³-hybridized carbons (Fsp3) is 0.895. The van der Waals surface area contributed by atoms with Crippen molar-refractivity contribution in [2.24, 2.45) is 5.41 Å². The molecular formula is C19H32N4O3. The lowest BCUT2D eigenvalue weighted by molar-refractivity contribution is -0.126. The SMILES string of the molecule is CNC(=O)[C@@H]1CCCN1C1CCN(C2CC3(CCN(C(=O)O)C3)C2)CC1. The van der Waals surface area contributed by atoms with Crippen LogP contribution in [0.15, 0.2) is 0 Å². The molecule has 4 aliphatic rings. The van der Waals surface area contributed by atoms with Crippen LogP contribution in [0, 0.1) is 5.41 Å². The summed E-state index contributed by atoms with van der Waals surface area (Å²) in [5.41, 5.74) is 0.263. The van der Waals surface area contributed by atoms with Gasteiger partial charge < -0.3 is 20.2 Å². The summed E-state index contributed by atoms with van der Waals surface area (Å²) in [5, 5.41) is 12.0. The number of carbonyl (C=O) groups is 2. The number of likely N-dealkylation sites (N-methyl/N-ethyl adjacent to an activating group) is 1. The summed E-state index contributed by atoms with van der Waals surface area (Å²) in [4.78, 5) is 29.9.